The molecule has 0 atom stereocenters. The van der Waals surface area contributed by atoms with E-state index >= 15 is 0 Å². The van der Waals surface area contributed by atoms with Gasteiger partial charge in [0.1, 0.15) is 0 Å². The summed E-state index contributed by atoms with van der Waals surface area (Å²) in [5.74, 6) is 0.136. The van der Waals surface area contributed by atoms with Gasteiger partial charge >= 0.3 is 0 Å². The van der Waals surface area contributed by atoms with Crippen LogP contribution in [0, 0.1) is 0 Å². The highest BCUT2D eigenvalue weighted by Gasteiger charge is 2.02. The third-order valence-electron chi connectivity index (χ3n) is 1.30. The lowest BCUT2D eigenvalue weighted by Crippen LogP contribution is -1.96. The van der Waals surface area contributed by atoms with Crippen molar-refractivity contribution in [1.29, 1.82) is 0 Å². The normalized spacial score (nSPS) is 10.6. The Morgan fingerprint density at radius 1 is 1.82 bits per heavy atom. The van der Waals surface area contributed by atoms with Crippen molar-refractivity contribution in [3.05, 3.63) is 22.4 Å². The summed E-state index contributed by atoms with van der Waals surface area (Å²) in [6.07, 6.45) is 2.03. The summed E-state index contributed by atoms with van der Waals surface area (Å²) in [5, 5.41) is 3.75. The Morgan fingerprint density at radius 3 is 3.18 bits per heavy atom. The highest BCUT2D eigenvalue weighted by molar-refractivity contribution is 7.08. The molecule has 1 aromatic heterocycles. The maximum Gasteiger partial charge on any atom is 0.169 e. The SMILES string of the molecule is CN=CCC(=O)c1ccsc1. The zero-order valence-corrected chi connectivity index (χ0v) is 7.10. The number of hydrogen-bond donors (Lipinski definition) is 0. The standard InChI is InChI=1S/C8H9NOS/c1-9-4-2-8(10)7-3-5-11-6-7/h3-6H,2H2,1H3. The van der Waals surface area contributed by atoms with Crippen molar-refractivity contribution in [2.75, 3.05) is 7.05 Å². The van der Waals surface area contributed by atoms with Crippen molar-refractivity contribution in [2.24, 2.45) is 4.99 Å². The zero-order valence-electron chi connectivity index (χ0n) is 6.28. The van der Waals surface area contributed by atoms with Gasteiger partial charge in [-0.15, -0.1) is 0 Å². The van der Waals surface area contributed by atoms with Crippen LogP contribution in [0.2, 0.25) is 0 Å². The van der Waals surface area contributed by atoms with Gasteiger partial charge in [0.25, 0.3) is 0 Å². The topological polar surface area (TPSA) is 29.4 Å². The first-order valence-electron chi connectivity index (χ1n) is 3.30. The molecule has 0 spiro atoms. The van der Waals surface area contributed by atoms with E-state index in [1.54, 1.807) is 13.3 Å². The molecule has 0 amide bonds. The zero-order chi connectivity index (χ0) is 8.10. The molecular formula is C8H9NOS. The average molecular weight is 167 g/mol. The number of aliphatic imine (C=N–C) groups is 1. The quantitative estimate of drug-likeness (QED) is 0.500. The van der Waals surface area contributed by atoms with Gasteiger partial charge in [-0.1, -0.05) is 0 Å². The minimum atomic E-state index is 0.136. The molecule has 2 nitrogen and oxygen atoms in total. The van der Waals surface area contributed by atoms with Crippen LogP contribution in [0.4, 0.5) is 0 Å². The van der Waals surface area contributed by atoms with E-state index in [2.05, 4.69) is 4.99 Å². The Bertz CT molecular complexity index is 251. The number of thiophene rings is 1. The predicted molar refractivity (Wildman–Crippen MR) is 47.7 cm³/mol. The maximum atomic E-state index is 11.2. The lowest BCUT2D eigenvalue weighted by molar-refractivity contribution is 0.100. The molecule has 1 aromatic rings. The second-order valence-electron chi connectivity index (χ2n) is 2.08. The van der Waals surface area contributed by atoms with Gasteiger partial charge in [-0.05, 0) is 11.4 Å². The van der Waals surface area contributed by atoms with Gasteiger partial charge in [0.05, 0.1) is 0 Å². The summed E-state index contributed by atoms with van der Waals surface area (Å²) < 4.78 is 0. The van der Waals surface area contributed by atoms with Gasteiger partial charge < -0.3 is 4.99 Å². The fourth-order valence-corrected chi connectivity index (χ4v) is 1.38. The number of Topliss-reactive ketones (excluding diaryl/α,β-unsaturated/α-hetero) is 1. The highest BCUT2D eigenvalue weighted by Crippen LogP contribution is 2.07. The molecule has 11 heavy (non-hydrogen) atoms. The minimum absolute atomic E-state index is 0.136. The van der Waals surface area contributed by atoms with Gasteiger partial charge in [0.15, 0.2) is 5.78 Å². The van der Waals surface area contributed by atoms with E-state index in [0.717, 1.165) is 5.56 Å². The van der Waals surface area contributed by atoms with Crippen molar-refractivity contribution in [3.63, 3.8) is 0 Å². The van der Waals surface area contributed by atoms with E-state index in [4.69, 9.17) is 0 Å². The lowest BCUT2D eigenvalue weighted by Gasteiger charge is -1.88. The van der Waals surface area contributed by atoms with Crippen LogP contribution in [0.1, 0.15) is 16.8 Å². The van der Waals surface area contributed by atoms with Crippen molar-refractivity contribution in [3.8, 4) is 0 Å². The van der Waals surface area contributed by atoms with Crippen molar-refractivity contribution in [1.82, 2.24) is 0 Å². The van der Waals surface area contributed by atoms with E-state index < -0.39 is 0 Å². The Hall–Kier alpha value is -0.960. The number of carbonyl (C=O) groups excluding carboxylic acids is 1. The molecule has 1 rings (SSSR count). The van der Waals surface area contributed by atoms with Crippen LogP contribution in [0.25, 0.3) is 0 Å². The second kappa shape index (κ2) is 4.03. The summed E-state index contributed by atoms with van der Waals surface area (Å²) in [6.45, 7) is 0. The fourth-order valence-electron chi connectivity index (χ4n) is 0.715. The molecule has 0 saturated heterocycles. The molecular weight excluding hydrogens is 158 g/mol. The molecule has 0 saturated carbocycles. The molecule has 58 valence electrons. The number of hydrogen-bond acceptors (Lipinski definition) is 3. The molecule has 0 fully saturated rings. The third-order valence-corrected chi connectivity index (χ3v) is 1.99. The minimum Gasteiger partial charge on any atom is -0.300 e. The highest BCUT2D eigenvalue weighted by atomic mass is 32.1. The molecule has 0 aliphatic heterocycles. The van der Waals surface area contributed by atoms with Gasteiger partial charge in [-0.25, -0.2) is 0 Å². The fraction of sp³-hybridized carbons (Fsp3) is 0.250. The van der Waals surface area contributed by atoms with Gasteiger partial charge in [-0.2, -0.15) is 11.3 Å². The van der Waals surface area contributed by atoms with Gasteiger partial charge in [-0.3, -0.25) is 4.79 Å². The molecule has 0 radical (unpaired) electrons. The second-order valence-corrected chi connectivity index (χ2v) is 2.86. The number of carbonyl (C=O) groups is 1. The predicted octanol–water partition coefficient (Wildman–Crippen LogP) is 2.02. The van der Waals surface area contributed by atoms with E-state index in [1.165, 1.54) is 11.3 Å². The molecule has 3 heteroatoms. The largest absolute Gasteiger partial charge is 0.300 e. The van der Waals surface area contributed by atoms with E-state index in [9.17, 15) is 4.79 Å². The third kappa shape index (κ3) is 2.27. The Kier molecular flexibility index (Phi) is 2.98. The first-order valence-corrected chi connectivity index (χ1v) is 4.25. The van der Waals surface area contributed by atoms with Crippen LogP contribution in [-0.4, -0.2) is 19.0 Å². The molecule has 0 bridgehead atoms. The number of nitrogens with zero attached hydrogens (tertiary/aromatic N) is 1. The van der Waals surface area contributed by atoms with Crippen LogP contribution in [-0.2, 0) is 0 Å². The summed E-state index contributed by atoms with van der Waals surface area (Å²) in [7, 11) is 1.67. The summed E-state index contributed by atoms with van der Waals surface area (Å²) in [5.41, 5.74) is 0.787. The lowest BCUT2D eigenvalue weighted by atomic mass is 10.2. The van der Waals surface area contributed by atoms with Crippen LogP contribution in [0.5, 0.6) is 0 Å². The van der Waals surface area contributed by atoms with Crippen molar-refractivity contribution < 1.29 is 4.79 Å². The summed E-state index contributed by atoms with van der Waals surface area (Å²) in [6, 6.07) is 1.83. The van der Waals surface area contributed by atoms with Gasteiger partial charge in [0, 0.05) is 30.6 Å². The number of ketones is 1. The molecule has 0 unspecified atom stereocenters. The van der Waals surface area contributed by atoms with Crippen LogP contribution < -0.4 is 0 Å². The number of rotatable bonds is 3. The average Bonchev–Trinajstić information content (AvgIpc) is 2.52. The smallest absolute Gasteiger partial charge is 0.169 e. The maximum absolute atomic E-state index is 11.2. The Morgan fingerprint density at radius 2 is 2.64 bits per heavy atom. The first kappa shape index (κ1) is 8.14. The van der Waals surface area contributed by atoms with Crippen LogP contribution >= 0.6 is 11.3 Å². The molecule has 0 aliphatic rings. The Balaban J connectivity index is 2.56. The summed E-state index contributed by atoms with van der Waals surface area (Å²) >= 11 is 1.54. The van der Waals surface area contributed by atoms with E-state index in [0.29, 0.717) is 6.42 Å². The van der Waals surface area contributed by atoms with E-state index in [1.807, 2.05) is 16.8 Å². The van der Waals surface area contributed by atoms with E-state index in [-0.39, 0.29) is 5.78 Å². The molecule has 0 aliphatic carbocycles. The molecule has 1 heterocycles. The molecule has 0 N–H and O–H groups in total. The van der Waals surface area contributed by atoms with Crippen LogP contribution in [0.3, 0.4) is 0 Å². The molecule has 0 aromatic carbocycles. The monoisotopic (exact) mass is 167 g/mol. The van der Waals surface area contributed by atoms with Crippen LogP contribution in [0.15, 0.2) is 21.8 Å². The summed E-state index contributed by atoms with van der Waals surface area (Å²) in [4.78, 5) is 14.9. The first-order chi connectivity index (χ1) is 5.34. The van der Waals surface area contributed by atoms with Crippen molar-refractivity contribution >= 4 is 23.3 Å². The van der Waals surface area contributed by atoms with Gasteiger partial charge in [0.2, 0.25) is 0 Å². The van der Waals surface area contributed by atoms with Crippen molar-refractivity contribution in [2.45, 2.75) is 6.42 Å². The Labute approximate surface area is 69.6 Å².